The van der Waals surface area contributed by atoms with E-state index in [0.717, 1.165) is 24.1 Å². The zero-order valence-electron chi connectivity index (χ0n) is 10.9. The third-order valence-electron chi connectivity index (χ3n) is 3.83. The van der Waals surface area contributed by atoms with Gasteiger partial charge in [-0.15, -0.1) is 0 Å². The first-order chi connectivity index (χ1) is 9.24. The van der Waals surface area contributed by atoms with E-state index in [4.69, 9.17) is 12.2 Å². The fourth-order valence-corrected chi connectivity index (χ4v) is 3.07. The van der Waals surface area contributed by atoms with Gasteiger partial charge in [0.15, 0.2) is 4.77 Å². The molecule has 1 fully saturated rings. The minimum atomic E-state index is -0.215. The summed E-state index contributed by atoms with van der Waals surface area (Å²) in [4.78, 5) is 5.60. The molecule has 1 saturated heterocycles. The van der Waals surface area contributed by atoms with Crippen LogP contribution in [-0.4, -0.2) is 34.1 Å². The summed E-state index contributed by atoms with van der Waals surface area (Å²) in [6.07, 6.45) is 3.91. The second kappa shape index (κ2) is 5.43. The van der Waals surface area contributed by atoms with E-state index < -0.39 is 0 Å². The van der Waals surface area contributed by atoms with Crippen LogP contribution in [0.1, 0.15) is 19.3 Å². The van der Waals surface area contributed by atoms with Crippen LogP contribution >= 0.6 is 12.2 Å². The molecule has 0 aliphatic carbocycles. The van der Waals surface area contributed by atoms with E-state index in [-0.39, 0.29) is 5.82 Å². The zero-order chi connectivity index (χ0) is 13.2. The number of imidazole rings is 1. The van der Waals surface area contributed by atoms with Gasteiger partial charge in [-0.25, -0.2) is 4.39 Å². The lowest BCUT2D eigenvalue weighted by molar-refractivity contribution is 0.221. The Balaban J connectivity index is 1.81. The topological polar surface area (TPSA) is 24.0 Å². The second-order valence-corrected chi connectivity index (χ2v) is 5.53. The third kappa shape index (κ3) is 2.72. The van der Waals surface area contributed by atoms with Crippen LogP contribution in [0.5, 0.6) is 0 Å². The number of halogens is 1. The van der Waals surface area contributed by atoms with Gasteiger partial charge in [0.05, 0.1) is 11.0 Å². The van der Waals surface area contributed by atoms with Crippen molar-refractivity contribution in [1.29, 1.82) is 0 Å². The average molecular weight is 279 g/mol. The van der Waals surface area contributed by atoms with E-state index >= 15 is 0 Å². The average Bonchev–Trinajstić information content (AvgIpc) is 2.73. The molecular formula is C14H18FN3S. The van der Waals surface area contributed by atoms with Crippen molar-refractivity contribution < 1.29 is 4.39 Å². The fourth-order valence-electron chi connectivity index (χ4n) is 2.77. The molecule has 2 heterocycles. The largest absolute Gasteiger partial charge is 0.331 e. The summed E-state index contributed by atoms with van der Waals surface area (Å²) in [5, 5.41) is 0. The first kappa shape index (κ1) is 12.8. The van der Waals surface area contributed by atoms with Crippen molar-refractivity contribution in [2.24, 2.45) is 0 Å². The summed E-state index contributed by atoms with van der Waals surface area (Å²) in [6.45, 7) is 4.15. The fraction of sp³-hybridized carbons (Fsp3) is 0.500. The molecule has 102 valence electrons. The van der Waals surface area contributed by atoms with Crippen LogP contribution in [0, 0.1) is 10.6 Å². The van der Waals surface area contributed by atoms with Crippen molar-refractivity contribution in [1.82, 2.24) is 14.5 Å². The Bertz CT molecular complexity index is 625. The number of H-pyrrole nitrogens is 1. The smallest absolute Gasteiger partial charge is 0.178 e. The van der Waals surface area contributed by atoms with E-state index in [2.05, 4.69) is 9.88 Å². The summed E-state index contributed by atoms with van der Waals surface area (Å²) in [5.41, 5.74) is 1.77. The van der Waals surface area contributed by atoms with Gasteiger partial charge in [0.2, 0.25) is 0 Å². The lowest BCUT2D eigenvalue weighted by Crippen LogP contribution is -2.32. The van der Waals surface area contributed by atoms with Crippen molar-refractivity contribution in [3.05, 3.63) is 28.8 Å². The molecule has 2 aromatic rings. The van der Waals surface area contributed by atoms with E-state index in [1.54, 1.807) is 12.1 Å². The third-order valence-corrected chi connectivity index (χ3v) is 4.15. The quantitative estimate of drug-likeness (QED) is 0.871. The predicted octanol–water partition coefficient (Wildman–Crippen LogP) is 3.32. The molecule has 1 aliphatic heterocycles. The molecule has 5 heteroatoms. The van der Waals surface area contributed by atoms with Crippen LogP contribution in [0.2, 0.25) is 0 Å². The molecule has 0 radical (unpaired) electrons. The molecule has 1 aliphatic rings. The number of fused-ring (bicyclic) bond motifs is 1. The number of nitrogens with zero attached hydrogens (tertiary/aromatic N) is 2. The number of piperidine rings is 1. The number of aromatic nitrogens is 2. The van der Waals surface area contributed by atoms with Crippen LogP contribution in [0.15, 0.2) is 18.2 Å². The monoisotopic (exact) mass is 279 g/mol. The van der Waals surface area contributed by atoms with Crippen molar-refractivity contribution in [2.45, 2.75) is 25.8 Å². The van der Waals surface area contributed by atoms with Gasteiger partial charge >= 0.3 is 0 Å². The summed E-state index contributed by atoms with van der Waals surface area (Å²) in [7, 11) is 0. The molecule has 1 aromatic heterocycles. The van der Waals surface area contributed by atoms with Crippen LogP contribution < -0.4 is 0 Å². The second-order valence-electron chi connectivity index (χ2n) is 5.15. The number of hydrogen-bond acceptors (Lipinski definition) is 2. The Kier molecular flexibility index (Phi) is 3.66. The van der Waals surface area contributed by atoms with Crippen LogP contribution in [0.3, 0.4) is 0 Å². The van der Waals surface area contributed by atoms with E-state index in [1.165, 1.54) is 38.4 Å². The lowest BCUT2D eigenvalue weighted by atomic mass is 10.1. The normalized spacial score (nSPS) is 17.1. The SMILES string of the molecule is Fc1ccc2[nH]c(=S)n(CCN3CCCCC3)c2c1. The Labute approximate surface area is 117 Å². The molecule has 0 bridgehead atoms. The first-order valence-corrected chi connectivity index (χ1v) is 7.25. The van der Waals surface area contributed by atoms with E-state index in [9.17, 15) is 4.39 Å². The maximum atomic E-state index is 13.3. The van der Waals surface area contributed by atoms with E-state index in [1.807, 2.05) is 4.57 Å². The highest BCUT2D eigenvalue weighted by molar-refractivity contribution is 7.71. The predicted molar refractivity (Wildman–Crippen MR) is 77.4 cm³/mol. The Morgan fingerprint density at radius 2 is 1.95 bits per heavy atom. The van der Waals surface area contributed by atoms with Gasteiger partial charge < -0.3 is 14.5 Å². The molecule has 0 saturated carbocycles. The number of likely N-dealkylation sites (tertiary alicyclic amines) is 1. The Morgan fingerprint density at radius 3 is 2.74 bits per heavy atom. The minimum absolute atomic E-state index is 0.215. The summed E-state index contributed by atoms with van der Waals surface area (Å²) < 4.78 is 16.0. The van der Waals surface area contributed by atoms with Crippen LogP contribution in [0.25, 0.3) is 11.0 Å². The molecule has 0 atom stereocenters. The maximum absolute atomic E-state index is 13.3. The molecule has 3 rings (SSSR count). The van der Waals surface area contributed by atoms with Gasteiger partial charge in [0, 0.05) is 13.1 Å². The van der Waals surface area contributed by atoms with Crippen molar-refractivity contribution >= 4 is 23.3 Å². The minimum Gasteiger partial charge on any atom is -0.331 e. The zero-order valence-corrected chi connectivity index (χ0v) is 11.7. The molecule has 1 aromatic carbocycles. The maximum Gasteiger partial charge on any atom is 0.178 e. The Morgan fingerprint density at radius 1 is 1.16 bits per heavy atom. The van der Waals surface area contributed by atoms with Crippen LogP contribution in [0.4, 0.5) is 4.39 Å². The van der Waals surface area contributed by atoms with Gasteiger partial charge in [0.1, 0.15) is 5.82 Å². The molecule has 3 nitrogen and oxygen atoms in total. The first-order valence-electron chi connectivity index (χ1n) is 6.84. The number of rotatable bonds is 3. The summed E-state index contributed by atoms with van der Waals surface area (Å²) in [6, 6.07) is 4.76. The van der Waals surface area contributed by atoms with Crippen molar-refractivity contribution in [2.75, 3.05) is 19.6 Å². The molecule has 0 spiro atoms. The van der Waals surface area contributed by atoms with Crippen molar-refractivity contribution in [3.8, 4) is 0 Å². The molecular weight excluding hydrogens is 261 g/mol. The Hall–Kier alpha value is -1.20. The van der Waals surface area contributed by atoms with Crippen molar-refractivity contribution in [3.63, 3.8) is 0 Å². The summed E-state index contributed by atoms with van der Waals surface area (Å²) >= 11 is 5.33. The molecule has 0 unspecified atom stereocenters. The molecule has 0 amide bonds. The number of benzene rings is 1. The van der Waals surface area contributed by atoms with Gasteiger partial charge in [-0.2, -0.15) is 0 Å². The van der Waals surface area contributed by atoms with E-state index in [0.29, 0.717) is 4.77 Å². The number of aromatic amines is 1. The highest BCUT2D eigenvalue weighted by Gasteiger charge is 2.11. The van der Waals surface area contributed by atoms with Crippen LogP contribution in [-0.2, 0) is 6.54 Å². The lowest BCUT2D eigenvalue weighted by Gasteiger charge is -2.26. The van der Waals surface area contributed by atoms with Gasteiger partial charge in [0.25, 0.3) is 0 Å². The summed E-state index contributed by atoms with van der Waals surface area (Å²) in [5.74, 6) is -0.215. The molecule has 1 N–H and O–H groups in total. The van der Waals surface area contributed by atoms with Gasteiger partial charge in [-0.05, 0) is 56.3 Å². The van der Waals surface area contributed by atoms with Gasteiger partial charge in [-0.3, -0.25) is 0 Å². The number of nitrogens with one attached hydrogen (secondary N) is 1. The standard InChI is InChI=1S/C14H18FN3S/c15-11-4-5-12-13(10-11)18(14(19)16-12)9-8-17-6-2-1-3-7-17/h4-5,10H,1-3,6-9H2,(H,16,19). The van der Waals surface area contributed by atoms with Gasteiger partial charge in [-0.1, -0.05) is 6.42 Å². The highest BCUT2D eigenvalue weighted by Crippen LogP contribution is 2.16. The number of hydrogen-bond donors (Lipinski definition) is 1. The molecule has 19 heavy (non-hydrogen) atoms. The highest BCUT2D eigenvalue weighted by atomic mass is 32.1.